The van der Waals surface area contributed by atoms with Gasteiger partial charge in [-0.25, -0.2) is 19.9 Å². The average molecular weight is 1060 g/mol. The van der Waals surface area contributed by atoms with E-state index in [1.54, 1.807) is 0 Å². The van der Waals surface area contributed by atoms with Crippen LogP contribution in [0.15, 0.2) is 152 Å². The van der Waals surface area contributed by atoms with E-state index in [2.05, 4.69) is 142 Å². The molecule has 0 unspecified atom stereocenters. The predicted octanol–water partition coefficient (Wildman–Crippen LogP) is 19.6. The molecule has 12 aromatic rings. The van der Waals surface area contributed by atoms with E-state index >= 15 is 0 Å². The Morgan fingerprint density at radius 1 is 0.316 bits per heavy atom. The molecule has 0 aliphatic rings. The fourth-order valence-electron chi connectivity index (χ4n) is 10.1. The molecule has 0 saturated heterocycles. The number of ether oxygens (including phenoxy) is 4. The monoisotopic (exact) mass is 1060 g/mol. The number of nitrogens with one attached hydrogen (secondary N) is 2. The van der Waals surface area contributed by atoms with Gasteiger partial charge in [-0.2, -0.15) is 0 Å². The number of aromatic nitrogens is 6. The fourth-order valence-corrected chi connectivity index (χ4v) is 10.3. The molecule has 11 heteroatoms. The predicted molar refractivity (Wildman–Crippen MR) is 324 cm³/mol. The van der Waals surface area contributed by atoms with Gasteiger partial charge in [-0.05, 0) is 129 Å². The first-order chi connectivity index (χ1) is 37.5. The lowest BCUT2D eigenvalue weighted by Gasteiger charge is -2.20. The molecule has 0 spiro atoms. The van der Waals surface area contributed by atoms with Crippen LogP contribution in [-0.4, -0.2) is 29.9 Å². The Morgan fingerprint density at radius 2 is 0.608 bits per heavy atom. The van der Waals surface area contributed by atoms with Crippen molar-refractivity contribution in [3.63, 3.8) is 0 Å². The van der Waals surface area contributed by atoms with Crippen molar-refractivity contribution in [2.75, 3.05) is 0 Å². The molecule has 8 aromatic carbocycles. The molecule has 2 N–H and O–H groups in total. The van der Waals surface area contributed by atoms with Crippen molar-refractivity contribution < 1.29 is 18.9 Å². The number of fused-ring (bicyclic) bond motifs is 14. The van der Waals surface area contributed by atoms with Crippen LogP contribution >= 0.6 is 11.6 Å². The second-order valence-corrected chi connectivity index (χ2v) is 25.2. The van der Waals surface area contributed by atoms with Crippen LogP contribution in [0, 0.1) is 0 Å². The van der Waals surface area contributed by atoms with Crippen LogP contribution in [0.4, 0.5) is 0 Å². The Balaban J connectivity index is 1.14. The van der Waals surface area contributed by atoms with Gasteiger partial charge in [0.25, 0.3) is 0 Å². The molecule has 4 aromatic heterocycles. The van der Waals surface area contributed by atoms with Crippen molar-refractivity contribution in [2.45, 2.75) is 105 Å². The lowest BCUT2D eigenvalue weighted by Crippen LogP contribution is -2.10. The van der Waals surface area contributed by atoms with Gasteiger partial charge >= 0.3 is 0 Å². The minimum Gasteiger partial charge on any atom is -0.453 e. The number of H-pyrrole nitrogens is 2. The Hall–Kier alpha value is -8.47. The highest BCUT2D eigenvalue weighted by atomic mass is 35.5. The van der Waals surface area contributed by atoms with E-state index in [-0.39, 0.29) is 21.7 Å². The number of rotatable bonds is 8. The molecule has 0 aliphatic heterocycles. The zero-order valence-electron chi connectivity index (χ0n) is 46.7. The largest absolute Gasteiger partial charge is 0.453 e. The molecule has 10 nitrogen and oxygen atoms in total. The van der Waals surface area contributed by atoms with Crippen LogP contribution in [0.2, 0.25) is 5.02 Å². The molecule has 12 rings (SSSR count). The van der Waals surface area contributed by atoms with Crippen molar-refractivity contribution in [3.05, 3.63) is 179 Å². The van der Waals surface area contributed by atoms with Gasteiger partial charge in [0.05, 0.1) is 0 Å². The first-order valence-electron chi connectivity index (χ1n) is 26.9. The fraction of sp³-hybridized carbons (Fsp3) is 0.235. The summed E-state index contributed by atoms with van der Waals surface area (Å²) in [5.41, 5.74) is 7.55. The van der Waals surface area contributed by atoms with E-state index in [0.29, 0.717) is 84.9 Å². The molecular formula is C68H63ClN6O4. The number of hydrogen-bond acceptors (Lipinski definition) is 8. The maximum absolute atomic E-state index is 6.99. The van der Waals surface area contributed by atoms with E-state index in [4.69, 9.17) is 50.5 Å². The van der Waals surface area contributed by atoms with Gasteiger partial charge in [0.1, 0.15) is 45.6 Å². The maximum Gasteiger partial charge on any atom is 0.170 e. The molecule has 396 valence electrons. The number of hydrogen-bond donors (Lipinski definition) is 2. The highest BCUT2D eigenvalue weighted by Gasteiger charge is 2.23. The Bertz CT molecular complexity index is 4140. The molecule has 79 heavy (non-hydrogen) atoms. The maximum atomic E-state index is 6.99. The first-order valence-corrected chi connectivity index (χ1v) is 27.2. The van der Waals surface area contributed by atoms with Gasteiger partial charge in [0.2, 0.25) is 0 Å². The van der Waals surface area contributed by atoms with Crippen molar-refractivity contribution in [1.82, 2.24) is 29.9 Å². The summed E-state index contributed by atoms with van der Waals surface area (Å²) in [6.45, 7) is 26.4. The molecule has 0 amide bonds. The van der Waals surface area contributed by atoms with Crippen LogP contribution in [0.5, 0.6) is 46.0 Å². The summed E-state index contributed by atoms with van der Waals surface area (Å²) in [5, 5.41) is 6.89. The summed E-state index contributed by atoms with van der Waals surface area (Å²) in [4.78, 5) is 28.8. The van der Waals surface area contributed by atoms with E-state index in [9.17, 15) is 0 Å². The quantitative estimate of drug-likeness (QED) is 0.154. The van der Waals surface area contributed by atoms with Crippen LogP contribution in [0.3, 0.4) is 0 Å². The van der Waals surface area contributed by atoms with Crippen LogP contribution < -0.4 is 18.9 Å². The third-order valence-corrected chi connectivity index (χ3v) is 15.1. The molecule has 0 fully saturated rings. The highest BCUT2D eigenvalue weighted by Crippen LogP contribution is 2.45. The number of halogens is 1. The highest BCUT2D eigenvalue weighted by molar-refractivity contribution is 6.38. The second kappa shape index (κ2) is 18.9. The Kier molecular flexibility index (Phi) is 12.3. The van der Waals surface area contributed by atoms with Crippen LogP contribution in [0.25, 0.3) is 77.0 Å². The van der Waals surface area contributed by atoms with Crippen molar-refractivity contribution in [1.29, 1.82) is 0 Å². The van der Waals surface area contributed by atoms with Crippen LogP contribution in [-0.2, 0) is 21.7 Å². The van der Waals surface area contributed by atoms with Crippen molar-refractivity contribution >= 4 is 88.6 Å². The smallest absolute Gasteiger partial charge is 0.170 e. The van der Waals surface area contributed by atoms with Crippen molar-refractivity contribution in [2.24, 2.45) is 0 Å². The summed E-state index contributed by atoms with van der Waals surface area (Å²) in [6.07, 6.45) is 0. The number of nitrogens with zero attached hydrogens (tertiary/aromatic N) is 4. The lowest BCUT2D eigenvalue weighted by atomic mass is 9.87. The van der Waals surface area contributed by atoms with Gasteiger partial charge in [0, 0.05) is 48.1 Å². The topological polar surface area (TPSA) is 120 Å². The zero-order chi connectivity index (χ0) is 55.3. The summed E-state index contributed by atoms with van der Waals surface area (Å²) >= 11 is 6.99. The molecule has 0 saturated carbocycles. The van der Waals surface area contributed by atoms with Crippen LogP contribution in [0.1, 0.15) is 105 Å². The molecule has 0 radical (unpaired) electrons. The third-order valence-electron chi connectivity index (χ3n) is 14.8. The van der Waals surface area contributed by atoms with Gasteiger partial charge in [-0.3, -0.25) is 0 Å². The number of pyridine rings is 1. The SMILES string of the molecule is CC(C)(C)c1ccc(Oc2cc3c4nc5nc(nc6[nH]c(nc([nH]4)c3cc2Oc2ccc(C(C)(C)C)cc2)c2cc(Oc3ccc(C(C)(C)C)cc3)c(Oc3ccc(C(C)(C)C)cc3)cc62)c2ccc(Cl)c3cccc5c32)cc1. The number of aromatic amines is 2. The Labute approximate surface area is 464 Å². The van der Waals surface area contributed by atoms with Crippen molar-refractivity contribution in [3.8, 4) is 46.0 Å². The third kappa shape index (κ3) is 9.95. The minimum absolute atomic E-state index is 0.0381. The van der Waals surface area contributed by atoms with Gasteiger partial charge in [-0.15, -0.1) is 0 Å². The molecule has 6 bridgehead atoms. The van der Waals surface area contributed by atoms with Gasteiger partial charge in [-0.1, -0.05) is 161 Å². The molecule has 0 atom stereocenters. The normalized spacial score (nSPS) is 12.6. The minimum atomic E-state index is -0.0402. The zero-order valence-corrected chi connectivity index (χ0v) is 47.5. The lowest BCUT2D eigenvalue weighted by molar-refractivity contribution is 0.419. The second-order valence-electron chi connectivity index (χ2n) is 24.8. The summed E-state index contributed by atoms with van der Waals surface area (Å²) < 4.78 is 27.4. The van der Waals surface area contributed by atoms with E-state index in [1.807, 2.05) is 103 Å². The summed E-state index contributed by atoms with van der Waals surface area (Å²) in [7, 11) is 0. The molecular weight excluding hydrogens is 1000 g/mol. The van der Waals surface area contributed by atoms with E-state index in [1.165, 1.54) is 22.3 Å². The molecule has 0 aliphatic carbocycles. The Morgan fingerprint density at radius 3 is 0.924 bits per heavy atom. The molecule has 4 heterocycles. The average Bonchev–Trinajstić information content (AvgIpc) is 3.96. The number of benzene rings is 8. The first kappa shape index (κ1) is 51.3. The van der Waals surface area contributed by atoms with Gasteiger partial charge in [0.15, 0.2) is 34.3 Å². The van der Waals surface area contributed by atoms with E-state index in [0.717, 1.165) is 43.1 Å². The van der Waals surface area contributed by atoms with Gasteiger partial charge < -0.3 is 28.9 Å². The standard InChI is InChI=1S/C68H63ClN6O4/c1-65(2,3)38-16-24-42(25-17-38)76-54-34-49-51(36-56(54)78-44-28-20-40(21-29-44)67(7,8)9)63-73-61(49)71-59-47-15-13-14-46-53(69)33-32-48(58(46)47)60(70-59)72-62-50-35-55(77-43-26-18-39(19-27-43)66(4,5)6)57(37-52(50)64(74-62)75-63)79-45-30-22-41(23-31-45)68(10,11)12/h13-37H,1-12H3,(H2,70,71,72,73,74,75). The summed E-state index contributed by atoms with van der Waals surface area (Å²) in [6, 6.07) is 50.6. The summed E-state index contributed by atoms with van der Waals surface area (Å²) in [5.74, 6) is 4.56. The van der Waals surface area contributed by atoms with E-state index < -0.39 is 0 Å².